The average molecular weight is 391 g/mol. The topological polar surface area (TPSA) is 77.2 Å². The maximum Gasteiger partial charge on any atom is 0.277 e. The van der Waals surface area contributed by atoms with E-state index in [1.165, 1.54) is 11.8 Å². The van der Waals surface area contributed by atoms with Crippen LogP contribution in [-0.4, -0.2) is 21.9 Å². The highest BCUT2D eigenvalue weighted by Gasteiger charge is 2.10. The van der Waals surface area contributed by atoms with Crippen molar-refractivity contribution in [2.45, 2.75) is 11.8 Å². The molecule has 0 radical (unpaired) electrons. The van der Waals surface area contributed by atoms with Crippen LogP contribution in [0.25, 0.3) is 10.8 Å². The van der Waals surface area contributed by atoms with Gasteiger partial charge in [0.25, 0.3) is 11.1 Å². The van der Waals surface area contributed by atoms with Gasteiger partial charge in [-0.3, -0.25) is 4.79 Å². The SMILES string of the molecule is O=C(CSc1nnc(COc2ccc3ccccc3c2)o1)Nc1ccccc1. The summed E-state index contributed by atoms with van der Waals surface area (Å²) < 4.78 is 11.3. The van der Waals surface area contributed by atoms with E-state index in [0.717, 1.165) is 22.2 Å². The second-order valence-electron chi connectivity index (χ2n) is 5.96. The van der Waals surface area contributed by atoms with Gasteiger partial charge in [0.15, 0.2) is 6.61 Å². The molecule has 0 aliphatic heterocycles. The summed E-state index contributed by atoms with van der Waals surface area (Å²) in [5.74, 6) is 1.14. The van der Waals surface area contributed by atoms with Crippen LogP contribution in [0, 0.1) is 0 Å². The minimum absolute atomic E-state index is 0.136. The Kier molecular flexibility index (Phi) is 5.53. The lowest BCUT2D eigenvalue weighted by Crippen LogP contribution is -2.13. The molecule has 0 fully saturated rings. The minimum Gasteiger partial charge on any atom is -0.484 e. The van der Waals surface area contributed by atoms with Crippen molar-refractivity contribution in [3.63, 3.8) is 0 Å². The summed E-state index contributed by atoms with van der Waals surface area (Å²) in [5.41, 5.74) is 0.753. The third kappa shape index (κ3) is 4.69. The number of ether oxygens (including phenoxy) is 1. The Labute approximate surface area is 165 Å². The van der Waals surface area contributed by atoms with Crippen LogP contribution >= 0.6 is 11.8 Å². The van der Waals surface area contributed by atoms with Gasteiger partial charge in [0, 0.05) is 5.69 Å². The second-order valence-corrected chi connectivity index (χ2v) is 6.89. The fourth-order valence-electron chi connectivity index (χ4n) is 2.60. The van der Waals surface area contributed by atoms with Crippen molar-refractivity contribution in [3.8, 4) is 5.75 Å². The zero-order valence-corrected chi connectivity index (χ0v) is 15.7. The fraction of sp³-hybridized carbons (Fsp3) is 0.0952. The van der Waals surface area contributed by atoms with Crippen LogP contribution in [0.2, 0.25) is 0 Å². The fourth-order valence-corrected chi connectivity index (χ4v) is 3.18. The van der Waals surface area contributed by atoms with Crippen molar-refractivity contribution in [2.75, 3.05) is 11.1 Å². The molecular formula is C21H17N3O3S. The summed E-state index contributed by atoms with van der Waals surface area (Å²) >= 11 is 1.18. The Morgan fingerprint density at radius 3 is 2.61 bits per heavy atom. The van der Waals surface area contributed by atoms with E-state index in [-0.39, 0.29) is 18.3 Å². The molecule has 6 nitrogen and oxygen atoms in total. The van der Waals surface area contributed by atoms with Crippen LogP contribution in [0.1, 0.15) is 5.89 Å². The summed E-state index contributed by atoms with van der Waals surface area (Å²) in [7, 11) is 0. The summed E-state index contributed by atoms with van der Waals surface area (Å²) in [4.78, 5) is 12.0. The molecule has 1 amide bonds. The Morgan fingerprint density at radius 1 is 0.964 bits per heavy atom. The number of nitrogens with one attached hydrogen (secondary N) is 1. The molecule has 140 valence electrons. The molecule has 0 bridgehead atoms. The molecule has 1 aromatic heterocycles. The van der Waals surface area contributed by atoms with Gasteiger partial charge in [0.2, 0.25) is 5.91 Å². The molecule has 0 spiro atoms. The highest BCUT2D eigenvalue weighted by atomic mass is 32.2. The van der Waals surface area contributed by atoms with E-state index in [2.05, 4.69) is 21.6 Å². The molecule has 1 N–H and O–H groups in total. The summed E-state index contributed by atoms with van der Waals surface area (Å²) in [6, 6.07) is 23.2. The first kappa shape index (κ1) is 18.1. The van der Waals surface area contributed by atoms with Gasteiger partial charge in [0.1, 0.15) is 5.75 Å². The van der Waals surface area contributed by atoms with Gasteiger partial charge in [-0.25, -0.2) is 0 Å². The van der Waals surface area contributed by atoms with Gasteiger partial charge in [-0.15, -0.1) is 10.2 Å². The molecule has 0 saturated carbocycles. The molecule has 3 aromatic carbocycles. The molecule has 0 atom stereocenters. The number of nitrogens with zero attached hydrogens (tertiary/aromatic N) is 2. The minimum atomic E-state index is -0.136. The third-order valence-electron chi connectivity index (χ3n) is 3.92. The number of fused-ring (bicyclic) bond motifs is 1. The number of amides is 1. The third-order valence-corrected chi connectivity index (χ3v) is 4.73. The van der Waals surface area contributed by atoms with Crippen LogP contribution in [0.3, 0.4) is 0 Å². The number of benzene rings is 3. The van der Waals surface area contributed by atoms with Crippen molar-refractivity contribution < 1.29 is 13.9 Å². The van der Waals surface area contributed by atoms with Crippen molar-refractivity contribution in [2.24, 2.45) is 0 Å². The molecule has 7 heteroatoms. The number of hydrogen-bond acceptors (Lipinski definition) is 6. The number of carbonyl (C=O) groups is 1. The standard InChI is InChI=1S/C21H17N3O3S/c25-19(22-17-8-2-1-3-9-17)14-28-21-24-23-20(27-21)13-26-18-11-10-15-6-4-5-7-16(15)12-18/h1-12H,13-14H2,(H,22,25). The molecule has 1 heterocycles. The van der Waals surface area contributed by atoms with Crippen molar-refractivity contribution in [1.29, 1.82) is 0 Å². The van der Waals surface area contributed by atoms with Crippen LogP contribution in [0.5, 0.6) is 5.75 Å². The van der Waals surface area contributed by atoms with Gasteiger partial charge < -0.3 is 14.5 Å². The summed E-state index contributed by atoms with van der Waals surface area (Å²) in [6.45, 7) is 0.169. The van der Waals surface area contributed by atoms with Crippen LogP contribution < -0.4 is 10.1 Å². The van der Waals surface area contributed by atoms with E-state index in [4.69, 9.17) is 9.15 Å². The molecule has 4 aromatic rings. The maximum absolute atomic E-state index is 12.0. The molecule has 4 rings (SSSR count). The number of hydrogen-bond donors (Lipinski definition) is 1. The van der Waals surface area contributed by atoms with E-state index in [0.29, 0.717) is 11.1 Å². The van der Waals surface area contributed by atoms with Gasteiger partial charge in [-0.1, -0.05) is 60.3 Å². The van der Waals surface area contributed by atoms with Gasteiger partial charge in [-0.05, 0) is 35.0 Å². The van der Waals surface area contributed by atoms with Crippen LogP contribution in [0.4, 0.5) is 5.69 Å². The average Bonchev–Trinajstić information content (AvgIpc) is 3.19. The number of thioether (sulfide) groups is 1. The predicted octanol–water partition coefficient (Wildman–Crippen LogP) is 4.53. The van der Waals surface area contributed by atoms with Crippen LogP contribution in [-0.2, 0) is 11.4 Å². The molecule has 0 aliphatic rings. The van der Waals surface area contributed by atoms with Gasteiger partial charge in [0.05, 0.1) is 5.75 Å². The predicted molar refractivity (Wildman–Crippen MR) is 108 cm³/mol. The number of carbonyl (C=O) groups excluding carboxylic acids is 1. The van der Waals surface area contributed by atoms with E-state index < -0.39 is 0 Å². The smallest absolute Gasteiger partial charge is 0.277 e. The normalized spacial score (nSPS) is 10.7. The zero-order chi connectivity index (χ0) is 19.2. The van der Waals surface area contributed by atoms with E-state index in [1.807, 2.05) is 66.7 Å². The first-order valence-electron chi connectivity index (χ1n) is 8.68. The lowest BCUT2D eigenvalue weighted by atomic mass is 10.1. The first-order valence-corrected chi connectivity index (χ1v) is 9.66. The first-order chi connectivity index (χ1) is 13.8. The largest absolute Gasteiger partial charge is 0.484 e. The Balaban J connectivity index is 1.28. The zero-order valence-electron chi connectivity index (χ0n) is 14.9. The van der Waals surface area contributed by atoms with Crippen molar-refractivity contribution >= 4 is 34.1 Å². The number of aromatic nitrogens is 2. The second kappa shape index (κ2) is 8.58. The molecule has 0 saturated heterocycles. The Bertz CT molecular complexity index is 1080. The molecular weight excluding hydrogens is 374 g/mol. The highest BCUT2D eigenvalue weighted by molar-refractivity contribution is 7.99. The van der Waals surface area contributed by atoms with E-state index >= 15 is 0 Å². The molecule has 0 unspecified atom stereocenters. The van der Waals surface area contributed by atoms with E-state index in [1.54, 1.807) is 0 Å². The number of rotatable bonds is 7. The highest BCUT2D eigenvalue weighted by Crippen LogP contribution is 2.22. The van der Waals surface area contributed by atoms with Crippen LogP contribution in [0.15, 0.2) is 82.4 Å². The van der Waals surface area contributed by atoms with Crippen molar-refractivity contribution in [3.05, 3.63) is 78.7 Å². The van der Waals surface area contributed by atoms with Crippen molar-refractivity contribution in [1.82, 2.24) is 10.2 Å². The summed E-state index contributed by atoms with van der Waals surface area (Å²) in [6.07, 6.45) is 0. The Hall–Kier alpha value is -3.32. The summed E-state index contributed by atoms with van der Waals surface area (Å²) in [5, 5.41) is 13.3. The lowest BCUT2D eigenvalue weighted by Gasteiger charge is -2.05. The lowest BCUT2D eigenvalue weighted by molar-refractivity contribution is -0.113. The Morgan fingerprint density at radius 2 is 1.75 bits per heavy atom. The monoisotopic (exact) mass is 391 g/mol. The number of anilines is 1. The van der Waals surface area contributed by atoms with Gasteiger partial charge >= 0.3 is 0 Å². The maximum atomic E-state index is 12.0. The van der Waals surface area contributed by atoms with Gasteiger partial charge in [-0.2, -0.15) is 0 Å². The quantitative estimate of drug-likeness (QED) is 0.466. The molecule has 28 heavy (non-hydrogen) atoms. The molecule has 0 aliphatic carbocycles. The number of para-hydroxylation sites is 1. The van der Waals surface area contributed by atoms with E-state index in [9.17, 15) is 4.79 Å².